The number of allylic oxidation sites excluding steroid dienone is 1. The average molecular weight is 395 g/mol. The number of nitrogens with zero attached hydrogens (tertiary/aromatic N) is 2. The van der Waals surface area contributed by atoms with E-state index < -0.39 is 29.5 Å². The zero-order valence-electron chi connectivity index (χ0n) is 16.9. The number of rotatable bonds is 6. The van der Waals surface area contributed by atoms with Crippen LogP contribution in [0, 0.1) is 0 Å². The molecule has 2 heterocycles. The van der Waals surface area contributed by atoms with Gasteiger partial charge < -0.3 is 14.8 Å². The monoisotopic (exact) mass is 395 g/mol. The highest BCUT2D eigenvalue weighted by molar-refractivity contribution is 5.81. The first kappa shape index (κ1) is 21.7. The standard InChI is InChI=1S/C19H29N3O6/c1-19(2,3)27-17(24)20-14(16(23)26-4)11-7-5-9-13-10-6-8-12-15-21-28-18(25)22(13)15/h5,7,13-14H,6,8-12H2,1-4H3,(H,20,24)/b7-5+. The summed E-state index contributed by atoms with van der Waals surface area (Å²) in [6, 6.07) is -0.873. The van der Waals surface area contributed by atoms with E-state index in [-0.39, 0.29) is 12.5 Å². The van der Waals surface area contributed by atoms with E-state index in [4.69, 9.17) is 14.0 Å². The van der Waals surface area contributed by atoms with Crippen LogP contribution in [0.15, 0.2) is 21.5 Å². The third kappa shape index (κ3) is 6.24. The number of methoxy groups -OCH3 is 1. The predicted molar refractivity (Wildman–Crippen MR) is 101 cm³/mol. The molecule has 0 spiro atoms. The smallest absolute Gasteiger partial charge is 0.441 e. The van der Waals surface area contributed by atoms with Crippen LogP contribution in [-0.2, 0) is 20.7 Å². The van der Waals surface area contributed by atoms with Crippen molar-refractivity contribution >= 4 is 12.1 Å². The molecule has 2 atom stereocenters. The van der Waals surface area contributed by atoms with Crippen LogP contribution >= 0.6 is 0 Å². The quantitative estimate of drug-likeness (QED) is 0.581. The van der Waals surface area contributed by atoms with Crippen LogP contribution in [-0.4, -0.2) is 40.5 Å². The lowest BCUT2D eigenvalue weighted by Crippen LogP contribution is -2.43. The number of hydrogen-bond acceptors (Lipinski definition) is 7. The van der Waals surface area contributed by atoms with Gasteiger partial charge in [0, 0.05) is 12.5 Å². The Labute approximate surface area is 164 Å². The maximum absolute atomic E-state index is 11.9. The minimum Gasteiger partial charge on any atom is -0.467 e. The molecule has 1 N–H and O–H groups in total. The van der Waals surface area contributed by atoms with Gasteiger partial charge in [-0.2, -0.15) is 0 Å². The van der Waals surface area contributed by atoms with E-state index in [1.165, 1.54) is 7.11 Å². The van der Waals surface area contributed by atoms with Gasteiger partial charge in [-0.15, -0.1) is 0 Å². The highest BCUT2D eigenvalue weighted by Crippen LogP contribution is 2.24. The fraction of sp³-hybridized carbons (Fsp3) is 0.684. The fourth-order valence-electron chi connectivity index (χ4n) is 3.12. The maximum atomic E-state index is 11.9. The van der Waals surface area contributed by atoms with Crippen LogP contribution in [0.5, 0.6) is 0 Å². The number of aromatic nitrogens is 2. The lowest BCUT2D eigenvalue weighted by atomic mass is 10.1. The van der Waals surface area contributed by atoms with Crippen molar-refractivity contribution in [3.05, 3.63) is 28.5 Å². The first-order chi connectivity index (χ1) is 13.2. The molecule has 1 aromatic rings. The summed E-state index contributed by atoms with van der Waals surface area (Å²) in [5.41, 5.74) is -0.663. The second-order valence-electron chi connectivity index (χ2n) is 7.80. The Morgan fingerprint density at radius 3 is 2.79 bits per heavy atom. The molecule has 1 aliphatic heterocycles. The largest absolute Gasteiger partial charge is 0.467 e. The molecule has 2 unspecified atom stereocenters. The molecule has 0 aliphatic carbocycles. The van der Waals surface area contributed by atoms with Crippen molar-refractivity contribution < 1.29 is 23.6 Å². The number of carbonyl (C=O) groups is 2. The molecule has 156 valence electrons. The number of aryl methyl sites for hydroxylation is 1. The Morgan fingerprint density at radius 2 is 2.11 bits per heavy atom. The molecule has 9 nitrogen and oxygen atoms in total. The van der Waals surface area contributed by atoms with Gasteiger partial charge in [-0.1, -0.05) is 23.7 Å². The van der Waals surface area contributed by atoms with Gasteiger partial charge in [0.25, 0.3) is 0 Å². The molecule has 1 aromatic heterocycles. The molecule has 0 fully saturated rings. The number of alkyl carbamates (subject to hydrolysis) is 1. The van der Waals surface area contributed by atoms with Crippen molar-refractivity contribution in [2.75, 3.05) is 7.11 Å². The average Bonchev–Trinajstić information content (AvgIpc) is 2.85. The minimum absolute atomic E-state index is 0.0251. The van der Waals surface area contributed by atoms with E-state index in [1.54, 1.807) is 31.4 Å². The Morgan fingerprint density at radius 1 is 1.36 bits per heavy atom. The van der Waals surface area contributed by atoms with Gasteiger partial charge in [-0.05, 0) is 46.5 Å². The predicted octanol–water partition coefficient (Wildman–Crippen LogP) is 2.51. The van der Waals surface area contributed by atoms with E-state index >= 15 is 0 Å². The third-order valence-electron chi connectivity index (χ3n) is 4.38. The van der Waals surface area contributed by atoms with Crippen molar-refractivity contribution in [2.45, 2.75) is 77.0 Å². The van der Waals surface area contributed by atoms with Crippen molar-refractivity contribution in [2.24, 2.45) is 0 Å². The van der Waals surface area contributed by atoms with Crippen molar-refractivity contribution in [3.8, 4) is 0 Å². The summed E-state index contributed by atoms with van der Waals surface area (Å²) in [6.45, 7) is 5.23. The molecule has 1 amide bonds. The first-order valence-electron chi connectivity index (χ1n) is 9.50. The number of carbonyl (C=O) groups excluding carboxylic acids is 2. The number of ether oxygens (including phenoxy) is 2. The van der Waals surface area contributed by atoms with Gasteiger partial charge in [0.15, 0.2) is 5.82 Å². The second-order valence-corrected chi connectivity index (χ2v) is 7.80. The summed E-state index contributed by atoms with van der Waals surface area (Å²) >= 11 is 0. The van der Waals surface area contributed by atoms with E-state index in [2.05, 4.69) is 10.5 Å². The van der Waals surface area contributed by atoms with Gasteiger partial charge in [0.05, 0.1) is 7.11 Å². The highest BCUT2D eigenvalue weighted by atomic mass is 16.6. The zero-order chi connectivity index (χ0) is 20.7. The molecule has 0 aromatic carbocycles. The summed E-state index contributed by atoms with van der Waals surface area (Å²) in [6.07, 6.45) is 7.43. The number of amides is 1. The lowest BCUT2D eigenvalue weighted by Gasteiger charge is -2.22. The molecule has 28 heavy (non-hydrogen) atoms. The first-order valence-corrected chi connectivity index (χ1v) is 9.50. The number of esters is 1. The summed E-state index contributed by atoms with van der Waals surface area (Å²) in [5.74, 6) is -0.309. The van der Waals surface area contributed by atoms with Gasteiger partial charge in [-0.3, -0.25) is 9.09 Å². The zero-order valence-corrected chi connectivity index (χ0v) is 16.9. The van der Waals surface area contributed by atoms with Crippen LogP contribution in [0.4, 0.5) is 4.79 Å². The van der Waals surface area contributed by atoms with E-state index in [0.29, 0.717) is 12.2 Å². The normalized spacial score (nSPS) is 18.2. The molecule has 0 saturated heterocycles. The number of nitrogens with one attached hydrogen (secondary N) is 1. The molecule has 2 rings (SSSR count). The van der Waals surface area contributed by atoms with Gasteiger partial charge >= 0.3 is 17.8 Å². The number of hydrogen-bond donors (Lipinski definition) is 1. The maximum Gasteiger partial charge on any atom is 0.441 e. The van der Waals surface area contributed by atoms with Crippen LogP contribution in [0.1, 0.15) is 64.7 Å². The lowest BCUT2D eigenvalue weighted by molar-refractivity contribution is -0.143. The second kappa shape index (κ2) is 9.57. The molecular formula is C19H29N3O6. The molecule has 1 aliphatic rings. The van der Waals surface area contributed by atoms with Gasteiger partial charge in [0.1, 0.15) is 11.6 Å². The minimum atomic E-state index is -0.848. The van der Waals surface area contributed by atoms with Crippen LogP contribution in [0.2, 0.25) is 0 Å². The summed E-state index contributed by atoms with van der Waals surface area (Å²) < 4.78 is 16.3. The number of fused-ring (bicyclic) bond motifs is 1. The topological polar surface area (TPSA) is 113 Å². The van der Waals surface area contributed by atoms with Crippen LogP contribution in [0.3, 0.4) is 0 Å². The fourth-order valence-corrected chi connectivity index (χ4v) is 3.12. The molecule has 0 bridgehead atoms. The van der Waals surface area contributed by atoms with Crippen molar-refractivity contribution in [1.82, 2.24) is 15.0 Å². The Bertz CT molecular complexity index is 758. The SMILES string of the molecule is COC(=O)C(C/C=C/CC1CCCCc2noc(=O)n21)NC(=O)OC(C)(C)C. The third-order valence-corrected chi connectivity index (χ3v) is 4.38. The van der Waals surface area contributed by atoms with E-state index in [0.717, 1.165) is 25.7 Å². The molecule has 9 heteroatoms. The molecule has 0 radical (unpaired) electrons. The summed E-state index contributed by atoms with van der Waals surface area (Å²) in [4.78, 5) is 35.8. The molecule has 0 saturated carbocycles. The Hall–Kier alpha value is -2.58. The van der Waals surface area contributed by atoms with Crippen molar-refractivity contribution in [3.63, 3.8) is 0 Å². The van der Waals surface area contributed by atoms with E-state index in [1.807, 2.05) is 6.08 Å². The summed E-state index contributed by atoms with van der Waals surface area (Å²) in [5, 5.41) is 6.37. The van der Waals surface area contributed by atoms with Gasteiger partial charge in [-0.25, -0.2) is 14.4 Å². The van der Waals surface area contributed by atoms with Gasteiger partial charge in [0.2, 0.25) is 0 Å². The van der Waals surface area contributed by atoms with Crippen LogP contribution < -0.4 is 11.1 Å². The highest BCUT2D eigenvalue weighted by Gasteiger charge is 2.25. The van der Waals surface area contributed by atoms with Crippen LogP contribution in [0.25, 0.3) is 0 Å². The summed E-state index contributed by atoms with van der Waals surface area (Å²) in [7, 11) is 1.27. The van der Waals surface area contributed by atoms with E-state index in [9.17, 15) is 14.4 Å². The molecular weight excluding hydrogens is 366 g/mol. The Kier molecular flexibility index (Phi) is 7.42. The Balaban J connectivity index is 1.96. The van der Waals surface area contributed by atoms with Crippen molar-refractivity contribution in [1.29, 1.82) is 0 Å².